The highest BCUT2D eigenvalue weighted by Gasteiger charge is 2.46. The molecule has 1 aromatic rings. The van der Waals surface area contributed by atoms with Gasteiger partial charge in [-0.1, -0.05) is 6.92 Å². The Morgan fingerprint density at radius 3 is 2.43 bits per heavy atom. The minimum absolute atomic E-state index is 0.174. The zero-order valence-electron chi connectivity index (χ0n) is 16.5. The van der Waals surface area contributed by atoms with Gasteiger partial charge in [0.05, 0.1) is 51.5 Å². The van der Waals surface area contributed by atoms with Gasteiger partial charge >= 0.3 is 6.09 Å². The number of nitrogens with one attached hydrogen (secondary N) is 1. The number of piperazine rings is 1. The van der Waals surface area contributed by atoms with E-state index in [0.717, 1.165) is 17.1 Å². The van der Waals surface area contributed by atoms with E-state index in [1.807, 2.05) is 6.92 Å². The van der Waals surface area contributed by atoms with Crippen LogP contribution in [-0.2, 0) is 14.3 Å². The number of hydrogen-bond acceptors (Lipinski definition) is 5. The summed E-state index contributed by atoms with van der Waals surface area (Å²) < 4.78 is 10.6. The summed E-state index contributed by atoms with van der Waals surface area (Å²) in [6, 6.07) is 6.66. The molecule has 0 aliphatic carbocycles. The maximum absolute atomic E-state index is 12.9. The van der Waals surface area contributed by atoms with Crippen molar-refractivity contribution in [1.82, 2.24) is 4.90 Å². The lowest BCUT2D eigenvalue weighted by Crippen LogP contribution is -3.19. The molecule has 0 radical (unpaired) electrons. The van der Waals surface area contributed by atoms with Crippen molar-refractivity contribution in [2.24, 2.45) is 0 Å². The van der Waals surface area contributed by atoms with Crippen LogP contribution in [0.1, 0.15) is 26.7 Å². The van der Waals surface area contributed by atoms with Gasteiger partial charge in [-0.3, -0.25) is 14.5 Å². The molecule has 28 heavy (non-hydrogen) atoms. The number of anilines is 1. The van der Waals surface area contributed by atoms with Gasteiger partial charge in [0.25, 0.3) is 5.91 Å². The summed E-state index contributed by atoms with van der Waals surface area (Å²) in [7, 11) is 0. The lowest BCUT2D eigenvalue weighted by atomic mass is 10.2. The standard InChI is InChI=1S/C20H27N3O5/c1-3-13-28-16-7-5-15(6-8-16)23-18(24)14-17(19(23)25)21-9-11-22(12-10-21)20(26)27-4-2/h5-8,17H,3-4,9-14H2,1-2H3/p+1/t17-/m0/s1. The molecule has 152 valence electrons. The molecule has 0 saturated carbocycles. The summed E-state index contributed by atoms with van der Waals surface area (Å²) in [5.74, 6) is 0.367. The van der Waals surface area contributed by atoms with E-state index in [1.54, 1.807) is 36.1 Å². The normalized spacial score (nSPS) is 20.6. The van der Waals surface area contributed by atoms with Crippen molar-refractivity contribution in [1.29, 1.82) is 0 Å². The van der Waals surface area contributed by atoms with Crippen molar-refractivity contribution in [2.45, 2.75) is 32.7 Å². The summed E-state index contributed by atoms with van der Waals surface area (Å²) in [5.41, 5.74) is 0.575. The van der Waals surface area contributed by atoms with Gasteiger partial charge in [0.2, 0.25) is 5.91 Å². The number of ether oxygens (including phenoxy) is 2. The predicted octanol–water partition coefficient (Wildman–Crippen LogP) is 0.464. The number of amides is 3. The first-order valence-corrected chi connectivity index (χ1v) is 9.91. The number of carbonyl (C=O) groups excluding carboxylic acids is 3. The third kappa shape index (κ3) is 4.27. The molecule has 2 aliphatic rings. The van der Waals surface area contributed by atoms with Gasteiger partial charge in [-0.15, -0.1) is 0 Å². The third-order valence-corrected chi connectivity index (χ3v) is 5.14. The second-order valence-electron chi connectivity index (χ2n) is 7.01. The minimum atomic E-state index is -0.395. The molecule has 2 aliphatic heterocycles. The SMILES string of the molecule is CCCOc1ccc(N2C(=O)C[C@H]([NH+]3CCN(C(=O)OCC)CC3)C2=O)cc1. The third-order valence-electron chi connectivity index (χ3n) is 5.14. The Morgan fingerprint density at radius 1 is 1.14 bits per heavy atom. The minimum Gasteiger partial charge on any atom is -0.494 e. The van der Waals surface area contributed by atoms with E-state index in [4.69, 9.17) is 9.47 Å². The monoisotopic (exact) mass is 390 g/mol. The summed E-state index contributed by atoms with van der Waals surface area (Å²) in [5, 5.41) is 0. The highest BCUT2D eigenvalue weighted by Crippen LogP contribution is 2.24. The van der Waals surface area contributed by atoms with E-state index in [-0.39, 0.29) is 24.3 Å². The summed E-state index contributed by atoms with van der Waals surface area (Å²) >= 11 is 0. The number of carbonyl (C=O) groups is 3. The molecule has 0 unspecified atom stereocenters. The van der Waals surface area contributed by atoms with Crippen molar-refractivity contribution in [3.8, 4) is 5.75 Å². The van der Waals surface area contributed by atoms with Gasteiger partial charge in [0, 0.05) is 0 Å². The second-order valence-corrected chi connectivity index (χ2v) is 7.01. The second kappa shape index (κ2) is 9.05. The quantitative estimate of drug-likeness (QED) is 0.714. The zero-order valence-corrected chi connectivity index (χ0v) is 16.5. The Balaban J connectivity index is 1.62. The molecular formula is C20H28N3O5+. The molecular weight excluding hydrogens is 362 g/mol. The highest BCUT2D eigenvalue weighted by molar-refractivity contribution is 6.21. The van der Waals surface area contributed by atoms with Gasteiger partial charge in [-0.05, 0) is 37.6 Å². The Labute approximate surface area is 165 Å². The topological polar surface area (TPSA) is 80.6 Å². The number of hydrogen-bond donors (Lipinski definition) is 1. The fourth-order valence-corrected chi connectivity index (χ4v) is 3.67. The molecule has 0 bridgehead atoms. The van der Waals surface area contributed by atoms with Gasteiger partial charge in [-0.25, -0.2) is 9.69 Å². The van der Waals surface area contributed by atoms with E-state index in [9.17, 15) is 14.4 Å². The van der Waals surface area contributed by atoms with Crippen LogP contribution < -0.4 is 14.5 Å². The first-order chi connectivity index (χ1) is 13.5. The van der Waals surface area contributed by atoms with E-state index in [2.05, 4.69) is 0 Å². The van der Waals surface area contributed by atoms with Crippen molar-refractivity contribution in [2.75, 3.05) is 44.3 Å². The van der Waals surface area contributed by atoms with Crippen LogP contribution in [0.2, 0.25) is 0 Å². The van der Waals surface area contributed by atoms with Crippen molar-refractivity contribution < 1.29 is 28.8 Å². The van der Waals surface area contributed by atoms with Crippen molar-refractivity contribution >= 4 is 23.6 Å². The van der Waals surface area contributed by atoms with E-state index in [0.29, 0.717) is 45.1 Å². The van der Waals surface area contributed by atoms with Gasteiger partial charge < -0.3 is 14.4 Å². The van der Waals surface area contributed by atoms with E-state index in [1.165, 1.54) is 4.90 Å². The maximum atomic E-state index is 12.9. The van der Waals surface area contributed by atoms with Gasteiger partial charge in [0.15, 0.2) is 6.04 Å². The van der Waals surface area contributed by atoms with Crippen LogP contribution >= 0.6 is 0 Å². The molecule has 3 amide bonds. The molecule has 0 aromatic heterocycles. The summed E-state index contributed by atoms with van der Waals surface area (Å²) in [6.07, 6.45) is 0.794. The van der Waals surface area contributed by atoms with Crippen LogP contribution in [0.25, 0.3) is 0 Å². The molecule has 2 saturated heterocycles. The van der Waals surface area contributed by atoms with Crippen LogP contribution in [0.5, 0.6) is 5.75 Å². The van der Waals surface area contributed by atoms with Crippen molar-refractivity contribution in [3.63, 3.8) is 0 Å². The first-order valence-electron chi connectivity index (χ1n) is 9.91. The van der Waals surface area contributed by atoms with Gasteiger partial charge in [-0.2, -0.15) is 0 Å². The predicted molar refractivity (Wildman–Crippen MR) is 102 cm³/mol. The van der Waals surface area contributed by atoms with Crippen LogP contribution in [0.3, 0.4) is 0 Å². The molecule has 1 aromatic carbocycles. The molecule has 3 rings (SSSR count). The average Bonchev–Trinajstić information content (AvgIpc) is 3.01. The lowest BCUT2D eigenvalue weighted by Gasteiger charge is -2.33. The van der Waals surface area contributed by atoms with E-state index >= 15 is 0 Å². The van der Waals surface area contributed by atoms with E-state index < -0.39 is 6.04 Å². The smallest absolute Gasteiger partial charge is 0.410 e. The number of imide groups is 1. The fraction of sp³-hybridized carbons (Fsp3) is 0.550. The molecule has 8 nitrogen and oxygen atoms in total. The Bertz CT molecular complexity index is 713. The number of rotatable bonds is 6. The fourth-order valence-electron chi connectivity index (χ4n) is 3.67. The van der Waals surface area contributed by atoms with Crippen LogP contribution in [0.4, 0.5) is 10.5 Å². The number of benzene rings is 1. The average molecular weight is 390 g/mol. The van der Waals surface area contributed by atoms with Crippen LogP contribution in [0, 0.1) is 0 Å². The van der Waals surface area contributed by atoms with Gasteiger partial charge in [0.1, 0.15) is 5.75 Å². The Hall–Kier alpha value is -2.61. The molecule has 1 N–H and O–H groups in total. The van der Waals surface area contributed by atoms with Crippen LogP contribution in [0.15, 0.2) is 24.3 Å². The molecule has 8 heteroatoms. The Kier molecular flexibility index (Phi) is 6.51. The molecule has 0 spiro atoms. The lowest BCUT2D eigenvalue weighted by molar-refractivity contribution is -0.918. The van der Waals surface area contributed by atoms with Crippen molar-refractivity contribution in [3.05, 3.63) is 24.3 Å². The first kappa shape index (κ1) is 20.1. The molecule has 2 fully saturated rings. The molecule has 2 heterocycles. The maximum Gasteiger partial charge on any atom is 0.410 e. The number of nitrogens with zero attached hydrogens (tertiary/aromatic N) is 2. The molecule has 1 atom stereocenters. The zero-order chi connectivity index (χ0) is 20.1. The highest BCUT2D eigenvalue weighted by atomic mass is 16.6. The summed E-state index contributed by atoms with van der Waals surface area (Å²) in [6.45, 7) is 7.08. The summed E-state index contributed by atoms with van der Waals surface area (Å²) in [4.78, 5) is 41.3. The van der Waals surface area contributed by atoms with Crippen LogP contribution in [-0.4, -0.2) is 68.2 Å². The number of quaternary nitrogens is 1. The largest absolute Gasteiger partial charge is 0.494 e. The Morgan fingerprint density at radius 2 is 1.82 bits per heavy atom.